The molecule has 8 heteroatoms. The minimum Gasteiger partial charge on any atom is -0.394 e. The van der Waals surface area contributed by atoms with E-state index < -0.39 is 13.9 Å². The lowest BCUT2D eigenvalue weighted by Gasteiger charge is -2.23. The van der Waals surface area contributed by atoms with E-state index in [1.54, 1.807) is 0 Å². The largest absolute Gasteiger partial charge is 0.469 e. The van der Waals surface area contributed by atoms with E-state index >= 15 is 0 Å². The summed E-state index contributed by atoms with van der Waals surface area (Å²) < 4.78 is 15.1. The average molecular weight is 497 g/mol. The molecule has 1 atom stereocenters. The molecule has 4 N–H and O–H groups in total. The molecule has 0 aromatic rings. The van der Waals surface area contributed by atoms with Crippen LogP contribution >= 0.6 is 7.82 Å². The molecule has 0 radical (unpaired) electrons. The highest BCUT2D eigenvalue weighted by atomic mass is 31.2. The molecule has 0 aliphatic carbocycles. The van der Waals surface area contributed by atoms with E-state index in [9.17, 15) is 9.67 Å². The van der Waals surface area contributed by atoms with Crippen molar-refractivity contribution in [3.05, 3.63) is 12.2 Å². The highest BCUT2D eigenvalue weighted by Gasteiger charge is 2.16. The summed E-state index contributed by atoms with van der Waals surface area (Å²) in [5, 5.41) is 17.9. The maximum Gasteiger partial charge on any atom is 0.469 e. The molecule has 0 amide bonds. The van der Waals surface area contributed by atoms with Crippen LogP contribution in [-0.4, -0.2) is 71.5 Å². The third-order valence-corrected chi connectivity index (χ3v) is 5.80. The zero-order valence-corrected chi connectivity index (χ0v) is 22.9. The van der Waals surface area contributed by atoms with Crippen LogP contribution in [0.1, 0.15) is 103 Å². The van der Waals surface area contributed by atoms with E-state index in [1.807, 2.05) is 21.1 Å². The van der Waals surface area contributed by atoms with Gasteiger partial charge in [-0.05, 0) is 32.1 Å². The van der Waals surface area contributed by atoms with Gasteiger partial charge in [0.1, 0.15) is 13.2 Å². The molecule has 0 fully saturated rings. The van der Waals surface area contributed by atoms with Crippen molar-refractivity contribution in [1.82, 2.24) is 0 Å². The number of likely N-dealkylation sites (N-methyl/N-ethyl adjacent to an activating group) is 1. The standard InChI is InChI=1S/C20H40O2.C5H14NO4P/c1-2-3-4-5-6-7-8-9-10-11-12-13-14-15-16-17-18-20(22)19-21;1-6(2,3)4-5-10-11(7,8)9/h9-10,20-22H,2-8,11-19H2,1H3;4-5H2,1-3H3,(H-,7,8,9)/p+1. The van der Waals surface area contributed by atoms with Gasteiger partial charge in [0.2, 0.25) is 0 Å². The molecular weight excluding hydrogens is 441 g/mol. The maximum atomic E-state index is 10.2. The van der Waals surface area contributed by atoms with E-state index in [4.69, 9.17) is 14.9 Å². The Morgan fingerprint density at radius 2 is 1.27 bits per heavy atom. The number of nitrogens with zero attached hydrogens (tertiary/aromatic N) is 1. The lowest BCUT2D eigenvalue weighted by Crippen LogP contribution is -2.37. The van der Waals surface area contributed by atoms with Crippen molar-refractivity contribution >= 4 is 7.82 Å². The predicted molar refractivity (Wildman–Crippen MR) is 138 cm³/mol. The fourth-order valence-corrected chi connectivity index (χ4v) is 3.47. The smallest absolute Gasteiger partial charge is 0.394 e. The van der Waals surface area contributed by atoms with Crippen LogP contribution in [0.4, 0.5) is 0 Å². The first-order chi connectivity index (χ1) is 15.5. The summed E-state index contributed by atoms with van der Waals surface area (Å²) in [6.45, 7) is 2.83. The van der Waals surface area contributed by atoms with Crippen LogP contribution in [0.15, 0.2) is 12.2 Å². The second-order valence-electron chi connectivity index (χ2n) is 9.90. The van der Waals surface area contributed by atoms with Crippen LogP contribution in [0.3, 0.4) is 0 Å². The van der Waals surface area contributed by atoms with Gasteiger partial charge in [0.15, 0.2) is 0 Å². The maximum absolute atomic E-state index is 10.2. The molecular formula is C25H55NO6P+. The Kier molecular flexibility index (Phi) is 24.8. The van der Waals surface area contributed by atoms with Crippen LogP contribution in [0.2, 0.25) is 0 Å². The van der Waals surface area contributed by atoms with Crippen molar-refractivity contribution in [3.8, 4) is 0 Å². The van der Waals surface area contributed by atoms with E-state index in [1.165, 1.54) is 83.5 Å². The number of unbranched alkanes of at least 4 members (excludes halogenated alkanes) is 12. The first-order valence-electron chi connectivity index (χ1n) is 13.0. The van der Waals surface area contributed by atoms with Gasteiger partial charge in [-0.15, -0.1) is 0 Å². The van der Waals surface area contributed by atoms with Gasteiger partial charge in [-0.2, -0.15) is 0 Å². The molecule has 0 spiro atoms. The monoisotopic (exact) mass is 496 g/mol. The number of quaternary nitrogens is 1. The molecule has 0 aromatic heterocycles. The molecule has 0 bridgehead atoms. The van der Waals surface area contributed by atoms with Crippen molar-refractivity contribution in [3.63, 3.8) is 0 Å². The first-order valence-corrected chi connectivity index (χ1v) is 14.5. The van der Waals surface area contributed by atoms with Crippen molar-refractivity contribution in [2.75, 3.05) is 40.9 Å². The number of aliphatic hydroxyl groups is 2. The average Bonchev–Trinajstić information content (AvgIpc) is 2.71. The highest BCUT2D eigenvalue weighted by molar-refractivity contribution is 7.46. The van der Waals surface area contributed by atoms with Crippen LogP contribution < -0.4 is 0 Å². The van der Waals surface area contributed by atoms with Crippen LogP contribution in [0, 0.1) is 0 Å². The van der Waals surface area contributed by atoms with Gasteiger partial charge in [-0.3, -0.25) is 4.52 Å². The zero-order chi connectivity index (χ0) is 25.4. The lowest BCUT2D eigenvalue weighted by molar-refractivity contribution is -0.870. The summed E-state index contributed by atoms with van der Waals surface area (Å²) in [6, 6.07) is 0. The van der Waals surface area contributed by atoms with Crippen LogP contribution in [0.25, 0.3) is 0 Å². The van der Waals surface area contributed by atoms with E-state index in [0.29, 0.717) is 11.0 Å². The minimum atomic E-state index is -4.26. The first kappa shape index (κ1) is 34.9. The molecule has 0 heterocycles. The van der Waals surface area contributed by atoms with Crippen molar-refractivity contribution < 1.29 is 33.6 Å². The summed E-state index contributed by atoms with van der Waals surface area (Å²) in [4.78, 5) is 16.6. The van der Waals surface area contributed by atoms with Gasteiger partial charge in [-0.25, -0.2) is 4.57 Å². The molecule has 0 saturated heterocycles. The topological polar surface area (TPSA) is 107 Å². The molecule has 7 nitrogen and oxygen atoms in total. The third kappa shape index (κ3) is 36.5. The SMILES string of the molecule is CCCCCCCCC=CCCCCCCCCC(O)CO.C[N+](C)(C)CCOP(=O)(O)O. The van der Waals surface area contributed by atoms with E-state index in [0.717, 1.165) is 12.8 Å². The molecule has 200 valence electrons. The predicted octanol–water partition coefficient (Wildman–Crippen LogP) is 5.57. The Hall–Kier alpha value is -0.270. The van der Waals surface area contributed by atoms with E-state index in [2.05, 4.69) is 23.6 Å². The Labute approximate surface area is 204 Å². The van der Waals surface area contributed by atoms with Gasteiger partial charge in [0.25, 0.3) is 0 Å². The van der Waals surface area contributed by atoms with Crippen LogP contribution in [-0.2, 0) is 9.09 Å². The molecule has 0 aliphatic heterocycles. The normalized spacial score (nSPS) is 13.2. The second-order valence-corrected chi connectivity index (χ2v) is 11.1. The number of hydrogen-bond donors (Lipinski definition) is 4. The van der Waals surface area contributed by atoms with Crippen LogP contribution in [0.5, 0.6) is 0 Å². The Bertz CT molecular complexity index is 476. The molecule has 0 rings (SSSR count). The van der Waals surface area contributed by atoms with Gasteiger partial charge >= 0.3 is 7.82 Å². The summed E-state index contributed by atoms with van der Waals surface area (Å²) in [7, 11) is 1.50. The lowest BCUT2D eigenvalue weighted by atomic mass is 10.1. The number of allylic oxidation sites excluding steroid dienone is 2. The van der Waals surface area contributed by atoms with Crippen molar-refractivity contribution in [2.45, 2.75) is 109 Å². The quantitative estimate of drug-likeness (QED) is 0.0716. The van der Waals surface area contributed by atoms with Gasteiger partial charge in [-0.1, -0.05) is 83.3 Å². The van der Waals surface area contributed by atoms with Crippen molar-refractivity contribution in [2.24, 2.45) is 0 Å². The second kappa shape index (κ2) is 23.5. The summed E-state index contributed by atoms with van der Waals surface area (Å²) in [6.07, 6.45) is 23.2. The number of aliphatic hydroxyl groups excluding tert-OH is 2. The molecule has 1 unspecified atom stereocenters. The minimum absolute atomic E-state index is 0.0772. The summed E-state index contributed by atoms with van der Waals surface area (Å²) in [5.41, 5.74) is 0. The number of phosphoric ester groups is 1. The third-order valence-electron chi connectivity index (χ3n) is 5.28. The van der Waals surface area contributed by atoms with Gasteiger partial charge < -0.3 is 24.5 Å². The molecule has 33 heavy (non-hydrogen) atoms. The highest BCUT2D eigenvalue weighted by Crippen LogP contribution is 2.35. The number of rotatable bonds is 21. The Morgan fingerprint density at radius 3 is 1.70 bits per heavy atom. The van der Waals surface area contributed by atoms with Gasteiger partial charge in [0.05, 0.1) is 33.9 Å². The summed E-state index contributed by atoms with van der Waals surface area (Å²) >= 11 is 0. The summed E-state index contributed by atoms with van der Waals surface area (Å²) in [5.74, 6) is 0. The fraction of sp³-hybridized carbons (Fsp3) is 0.920. The Morgan fingerprint density at radius 1 is 0.818 bits per heavy atom. The zero-order valence-electron chi connectivity index (χ0n) is 22.0. The van der Waals surface area contributed by atoms with E-state index in [-0.39, 0.29) is 13.2 Å². The van der Waals surface area contributed by atoms with Gasteiger partial charge in [0, 0.05) is 0 Å². The number of phosphoric acid groups is 1. The fourth-order valence-electron chi connectivity index (χ4n) is 3.15. The van der Waals surface area contributed by atoms with Crippen molar-refractivity contribution in [1.29, 1.82) is 0 Å². The molecule has 0 aliphatic rings. The molecule has 0 aromatic carbocycles. The molecule has 0 saturated carbocycles. The number of hydrogen-bond acceptors (Lipinski definition) is 4. The Balaban J connectivity index is 0.